The third-order valence-corrected chi connectivity index (χ3v) is 4.02. The quantitative estimate of drug-likeness (QED) is 0.717. The van der Waals surface area contributed by atoms with E-state index in [4.69, 9.17) is 10.5 Å². The molecule has 2 aromatic rings. The number of nitrogen functional groups attached to an aromatic ring is 1. The van der Waals surface area contributed by atoms with Crippen LogP contribution in [0.2, 0.25) is 0 Å². The van der Waals surface area contributed by atoms with Crippen molar-refractivity contribution in [2.24, 2.45) is 9.98 Å². The third-order valence-electron chi connectivity index (χ3n) is 4.02. The Morgan fingerprint density at radius 3 is 2.78 bits per heavy atom. The predicted octanol–water partition coefficient (Wildman–Crippen LogP) is 1.49. The van der Waals surface area contributed by atoms with Crippen LogP contribution in [0.25, 0.3) is 0 Å². The van der Waals surface area contributed by atoms with E-state index in [2.05, 4.69) is 25.6 Å². The number of benzene rings is 1. The normalized spacial score (nSPS) is 17.5. The number of hydrogen-bond acceptors (Lipinski definition) is 6. The van der Waals surface area contributed by atoms with Gasteiger partial charge in [-0.15, -0.1) is 0 Å². The number of amidine groups is 1. The molecule has 1 aromatic carbocycles. The Morgan fingerprint density at radius 2 is 2.07 bits per heavy atom. The van der Waals surface area contributed by atoms with Crippen LogP contribution in [-0.2, 0) is 17.9 Å². The van der Waals surface area contributed by atoms with Crippen molar-refractivity contribution in [3.8, 4) is 0 Å². The van der Waals surface area contributed by atoms with Gasteiger partial charge in [0.2, 0.25) is 6.35 Å². The first kappa shape index (κ1) is 18.5. The number of carbonyl (C=O) groups excluding carboxylic acids is 1. The summed E-state index contributed by atoms with van der Waals surface area (Å²) in [5.74, 6) is 1.05. The van der Waals surface area contributed by atoms with Gasteiger partial charge in [-0.3, -0.25) is 9.79 Å². The lowest BCUT2D eigenvalue weighted by atomic mass is 10.1. The number of carbonyl (C=O) groups is 1. The van der Waals surface area contributed by atoms with Crippen LogP contribution in [-0.4, -0.2) is 36.3 Å². The van der Waals surface area contributed by atoms with Gasteiger partial charge in [0.15, 0.2) is 0 Å². The summed E-state index contributed by atoms with van der Waals surface area (Å²) < 4.78 is 5.73. The smallest absolute Gasteiger partial charge is 0.253 e. The van der Waals surface area contributed by atoms with Gasteiger partial charge in [0.05, 0.1) is 12.2 Å². The molecule has 0 bridgehead atoms. The van der Waals surface area contributed by atoms with E-state index in [9.17, 15) is 4.79 Å². The average molecular weight is 366 g/mol. The van der Waals surface area contributed by atoms with Gasteiger partial charge in [-0.1, -0.05) is 24.3 Å². The number of ether oxygens (including phenoxy) is 1. The average Bonchev–Trinajstić information content (AvgIpc) is 2.72. The molecule has 1 aliphatic rings. The number of amides is 1. The zero-order valence-electron chi connectivity index (χ0n) is 15.1. The fourth-order valence-electron chi connectivity index (χ4n) is 2.47. The van der Waals surface area contributed by atoms with Crippen LogP contribution in [0.4, 0.5) is 5.82 Å². The molecule has 140 valence electrons. The van der Waals surface area contributed by atoms with E-state index in [0.717, 1.165) is 17.0 Å². The number of pyridine rings is 1. The number of anilines is 1. The lowest BCUT2D eigenvalue weighted by molar-refractivity contribution is 0.0358. The largest absolute Gasteiger partial charge is 0.384 e. The van der Waals surface area contributed by atoms with E-state index in [1.807, 2.05) is 24.3 Å². The summed E-state index contributed by atoms with van der Waals surface area (Å²) in [6, 6.07) is 11.1. The topological polar surface area (TPSA) is 114 Å². The molecule has 8 nitrogen and oxygen atoms in total. The maximum atomic E-state index is 12.1. The van der Waals surface area contributed by atoms with Gasteiger partial charge in [-0.25, -0.2) is 9.98 Å². The molecule has 4 N–H and O–H groups in total. The summed E-state index contributed by atoms with van der Waals surface area (Å²) >= 11 is 0. The van der Waals surface area contributed by atoms with E-state index in [0.29, 0.717) is 31.0 Å². The molecule has 1 unspecified atom stereocenters. The summed E-state index contributed by atoms with van der Waals surface area (Å²) in [5.41, 5.74) is 8.01. The van der Waals surface area contributed by atoms with Crippen LogP contribution in [0.3, 0.4) is 0 Å². The van der Waals surface area contributed by atoms with Crippen LogP contribution < -0.4 is 16.4 Å². The fourth-order valence-corrected chi connectivity index (χ4v) is 2.47. The van der Waals surface area contributed by atoms with Gasteiger partial charge in [-0.05, 0) is 23.3 Å². The lowest BCUT2D eigenvalue weighted by Crippen LogP contribution is -2.38. The highest BCUT2D eigenvalue weighted by atomic mass is 16.5. The molecule has 0 fully saturated rings. The van der Waals surface area contributed by atoms with E-state index in [-0.39, 0.29) is 5.91 Å². The number of rotatable bonds is 6. The highest BCUT2D eigenvalue weighted by Crippen LogP contribution is 2.09. The number of hydrogen-bond donors (Lipinski definition) is 3. The molecule has 2 heterocycles. The van der Waals surface area contributed by atoms with Crippen molar-refractivity contribution in [2.45, 2.75) is 25.9 Å². The third kappa shape index (κ3) is 5.35. The Bertz CT molecular complexity index is 830. The Labute approximate surface area is 157 Å². The number of nitrogens with zero attached hydrogens (tertiary/aromatic N) is 3. The number of nitrogens with two attached hydrogens (primary N) is 1. The fraction of sp³-hybridized carbons (Fsp3) is 0.263. The molecule has 0 aliphatic carbocycles. The molecule has 1 aromatic heterocycles. The van der Waals surface area contributed by atoms with Gasteiger partial charge in [-0.2, -0.15) is 0 Å². The monoisotopic (exact) mass is 366 g/mol. The van der Waals surface area contributed by atoms with E-state index in [1.165, 1.54) is 6.20 Å². The molecule has 8 heteroatoms. The van der Waals surface area contributed by atoms with Crippen molar-refractivity contribution in [3.63, 3.8) is 0 Å². The zero-order valence-corrected chi connectivity index (χ0v) is 15.1. The second kappa shape index (κ2) is 8.91. The minimum Gasteiger partial charge on any atom is -0.384 e. The molecule has 0 saturated carbocycles. The van der Waals surface area contributed by atoms with Gasteiger partial charge in [0.25, 0.3) is 5.91 Å². The first-order valence-electron chi connectivity index (χ1n) is 8.57. The summed E-state index contributed by atoms with van der Waals surface area (Å²) in [4.78, 5) is 24.4. The molecular weight excluding hydrogens is 344 g/mol. The van der Waals surface area contributed by atoms with Crippen LogP contribution in [0.5, 0.6) is 0 Å². The first-order valence-corrected chi connectivity index (χ1v) is 8.57. The number of nitrogens with one attached hydrogen (secondary N) is 2. The number of aliphatic imine (C=N–C) groups is 2. The number of aromatic nitrogens is 1. The maximum Gasteiger partial charge on any atom is 0.253 e. The molecule has 1 atom stereocenters. The molecule has 1 amide bonds. The van der Waals surface area contributed by atoms with Gasteiger partial charge in [0.1, 0.15) is 11.7 Å². The van der Waals surface area contributed by atoms with Gasteiger partial charge < -0.3 is 21.1 Å². The van der Waals surface area contributed by atoms with Gasteiger partial charge in [0, 0.05) is 32.4 Å². The zero-order chi connectivity index (χ0) is 19.1. The lowest BCUT2D eigenvalue weighted by Gasteiger charge is -2.20. The second-order valence-electron chi connectivity index (χ2n) is 5.98. The molecule has 27 heavy (non-hydrogen) atoms. The van der Waals surface area contributed by atoms with E-state index >= 15 is 0 Å². The van der Waals surface area contributed by atoms with Crippen LogP contribution in [0.1, 0.15) is 27.9 Å². The standard InChI is InChI=1S/C19H22N6O2/c1-21-17-8-9-22-19(25-17)27-12-14-4-2-13(3-5-14)10-24-18(26)15-6-7-16(20)23-11-15/h2-7,9,11,19H,8,10,12H2,1H3,(H2,20,23)(H,21,25)(H,24,26). The van der Waals surface area contributed by atoms with Crippen molar-refractivity contribution < 1.29 is 9.53 Å². The van der Waals surface area contributed by atoms with Gasteiger partial charge >= 0.3 is 0 Å². The highest BCUT2D eigenvalue weighted by Gasteiger charge is 2.12. The van der Waals surface area contributed by atoms with Crippen molar-refractivity contribution in [1.29, 1.82) is 0 Å². The van der Waals surface area contributed by atoms with Crippen molar-refractivity contribution in [1.82, 2.24) is 15.6 Å². The first-order chi connectivity index (χ1) is 13.1. The summed E-state index contributed by atoms with van der Waals surface area (Å²) in [6.45, 7) is 0.852. The Hall–Kier alpha value is -3.26. The Morgan fingerprint density at radius 1 is 1.30 bits per heavy atom. The molecule has 0 spiro atoms. The highest BCUT2D eigenvalue weighted by molar-refractivity contribution is 5.95. The van der Waals surface area contributed by atoms with Crippen molar-refractivity contribution in [2.75, 3.05) is 12.8 Å². The van der Waals surface area contributed by atoms with Crippen LogP contribution in [0, 0.1) is 0 Å². The van der Waals surface area contributed by atoms with E-state index in [1.54, 1.807) is 25.4 Å². The van der Waals surface area contributed by atoms with Crippen molar-refractivity contribution >= 4 is 23.8 Å². The summed E-state index contributed by atoms with van der Waals surface area (Å²) in [6.07, 6.45) is 3.54. The summed E-state index contributed by atoms with van der Waals surface area (Å²) in [5, 5.41) is 5.96. The molecule has 0 radical (unpaired) electrons. The minimum absolute atomic E-state index is 0.190. The van der Waals surface area contributed by atoms with Crippen LogP contribution >= 0.6 is 0 Å². The Balaban J connectivity index is 1.47. The molecule has 3 rings (SSSR count). The molecular formula is C19H22N6O2. The van der Waals surface area contributed by atoms with Crippen LogP contribution in [0.15, 0.2) is 52.6 Å². The Kier molecular flexibility index (Phi) is 6.11. The maximum absolute atomic E-state index is 12.1. The minimum atomic E-state index is -0.412. The molecule has 0 saturated heterocycles. The molecule has 1 aliphatic heterocycles. The van der Waals surface area contributed by atoms with E-state index < -0.39 is 6.35 Å². The predicted molar refractivity (Wildman–Crippen MR) is 104 cm³/mol. The second-order valence-corrected chi connectivity index (χ2v) is 5.98. The summed E-state index contributed by atoms with van der Waals surface area (Å²) in [7, 11) is 1.74. The van der Waals surface area contributed by atoms with Crippen molar-refractivity contribution in [3.05, 3.63) is 59.3 Å². The SMILES string of the molecule is CN=C1CC=NC(OCc2ccc(CNC(=O)c3ccc(N)nc3)cc2)N1.